The number of aromatic nitrogens is 3. The van der Waals surface area contributed by atoms with Crippen molar-refractivity contribution in [1.29, 1.82) is 0 Å². The molecule has 1 atom stereocenters. The number of hydrogen-bond donors (Lipinski definition) is 2. The number of aromatic amines is 1. The first-order chi connectivity index (χ1) is 8.79. The Morgan fingerprint density at radius 1 is 1.44 bits per heavy atom. The minimum absolute atomic E-state index is 0.0257. The van der Waals surface area contributed by atoms with Crippen molar-refractivity contribution < 1.29 is 9.90 Å². The predicted molar refractivity (Wildman–Crippen MR) is 65.0 cm³/mol. The van der Waals surface area contributed by atoms with Crippen molar-refractivity contribution in [2.24, 2.45) is 0 Å². The molecular formula is C12H14N4O2. The maximum atomic E-state index is 12.3. The van der Waals surface area contributed by atoms with Crippen LogP contribution in [0.4, 0.5) is 0 Å². The van der Waals surface area contributed by atoms with Crippen molar-refractivity contribution in [2.75, 3.05) is 13.2 Å². The van der Waals surface area contributed by atoms with Gasteiger partial charge in [0.2, 0.25) is 0 Å². The van der Waals surface area contributed by atoms with Gasteiger partial charge in [0.15, 0.2) is 0 Å². The number of aliphatic hydroxyl groups is 1. The third-order valence-corrected chi connectivity index (χ3v) is 3.41. The Bertz CT molecular complexity index is 580. The van der Waals surface area contributed by atoms with Gasteiger partial charge in [-0.2, -0.15) is 15.4 Å². The van der Waals surface area contributed by atoms with E-state index >= 15 is 0 Å². The Labute approximate surface area is 104 Å². The Balaban J connectivity index is 1.91. The lowest BCUT2D eigenvalue weighted by molar-refractivity contribution is 0.0678. The van der Waals surface area contributed by atoms with Crippen LogP contribution >= 0.6 is 0 Å². The molecule has 1 saturated heterocycles. The highest BCUT2D eigenvalue weighted by Crippen LogP contribution is 2.21. The first-order valence-electron chi connectivity index (χ1n) is 6.02. The van der Waals surface area contributed by atoms with Crippen LogP contribution in [0, 0.1) is 0 Å². The molecule has 94 valence electrons. The second-order valence-electron chi connectivity index (χ2n) is 4.50. The maximum absolute atomic E-state index is 12.3. The summed E-state index contributed by atoms with van der Waals surface area (Å²) in [5.41, 5.74) is 2.02. The number of fused-ring (bicyclic) bond motifs is 1. The molecule has 2 aromatic rings. The maximum Gasteiger partial charge on any atom is 0.254 e. The third-order valence-electron chi connectivity index (χ3n) is 3.41. The first kappa shape index (κ1) is 11.2. The average molecular weight is 246 g/mol. The summed E-state index contributed by atoms with van der Waals surface area (Å²) < 4.78 is 0. The van der Waals surface area contributed by atoms with Gasteiger partial charge in [-0.1, -0.05) is 0 Å². The molecule has 0 spiro atoms. The number of likely N-dealkylation sites (tertiary alicyclic amines) is 1. The summed E-state index contributed by atoms with van der Waals surface area (Å²) >= 11 is 0. The van der Waals surface area contributed by atoms with Crippen LogP contribution in [0.3, 0.4) is 0 Å². The van der Waals surface area contributed by atoms with Gasteiger partial charge >= 0.3 is 0 Å². The number of hydrogen-bond acceptors (Lipinski definition) is 4. The number of H-pyrrole nitrogens is 1. The van der Waals surface area contributed by atoms with Gasteiger partial charge in [0.25, 0.3) is 5.91 Å². The van der Waals surface area contributed by atoms with Gasteiger partial charge in [-0.25, -0.2) is 0 Å². The zero-order valence-corrected chi connectivity index (χ0v) is 9.83. The molecule has 0 saturated carbocycles. The average Bonchev–Trinajstić information content (AvgIpc) is 3.05. The number of nitrogens with one attached hydrogen (secondary N) is 1. The van der Waals surface area contributed by atoms with Crippen molar-refractivity contribution in [2.45, 2.75) is 18.9 Å². The van der Waals surface area contributed by atoms with Crippen LogP contribution in [0.25, 0.3) is 11.0 Å². The zero-order chi connectivity index (χ0) is 12.5. The molecule has 6 heteroatoms. The molecule has 1 fully saturated rings. The van der Waals surface area contributed by atoms with Crippen LogP contribution in [0.15, 0.2) is 18.2 Å². The molecule has 2 N–H and O–H groups in total. The molecule has 0 unspecified atom stereocenters. The van der Waals surface area contributed by atoms with E-state index in [-0.39, 0.29) is 18.6 Å². The predicted octanol–water partition coefficient (Wildman–Crippen LogP) is 0.555. The smallest absolute Gasteiger partial charge is 0.254 e. The minimum Gasteiger partial charge on any atom is -0.394 e. The monoisotopic (exact) mass is 246 g/mol. The Morgan fingerprint density at radius 2 is 2.28 bits per heavy atom. The van der Waals surface area contributed by atoms with Crippen LogP contribution in [-0.2, 0) is 0 Å². The van der Waals surface area contributed by atoms with Gasteiger partial charge in [0, 0.05) is 12.1 Å². The van der Waals surface area contributed by atoms with Gasteiger partial charge in [-0.15, -0.1) is 0 Å². The van der Waals surface area contributed by atoms with Gasteiger partial charge in [-0.3, -0.25) is 4.79 Å². The quantitative estimate of drug-likeness (QED) is 0.811. The van der Waals surface area contributed by atoms with E-state index < -0.39 is 0 Å². The van der Waals surface area contributed by atoms with E-state index in [4.69, 9.17) is 0 Å². The standard InChI is InChI=1S/C12H14N4O2/c17-7-9-2-1-5-16(9)12(18)8-3-4-10-11(6-8)14-15-13-10/h3-4,6,9,17H,1-2,5,7H2,(H,13,14,15)/t9-/m0/s1. The second kappa shape index (κ2) is 4.38. The van der Waals surface area contributed by atoms with Crippen molar-refractivity contribution in [3.63, 3.8) is 0 Å². The number of rotatable bonds is 2. The number of benzene rings is 1. The number of carbonyl (C=O) groups excluding carboxylic acids is 1. The highest BCUT2D eigenvalue weighted by atomic mass is 16.3. The summed E-state index contributed by atoms with van der Waals surface area (Å²) in [6.07, 6.45) is 1.82. The largest absolute Gasteiger partial charge is 0.394 e. The van der Waals surface area contributed by atoms with Crippen LogP contribution in [-0.4, -0.2) is 50.5 Å². The molecule has 1 aromatic heterocycles. The van der Waals surface area contributed by atoms with Crippen molar-refractivity contribution in [3.05, 3.63) is 23.8 Å². The molecule has 0 bridgehead atoms. The first-order valence-corrected chi connectivity index (χ1v) is 6.02. The van der Waals surface area contributed by atoms with E-state index in [2.05, 4.69) is 15.4 Å². The van der Waals surface area contributed by atoms with Crippen molar-refractivity contribution in [3.8, 4) is 0 Å². The summed E-state index contributed by atoms with van der Waals surface area (Å²) in [7, 11) is 0. The lowest BCUT2D eigenvalue weighted by Crippen LogP contribution is -2.37. The number of aliphatic hydroxyl groups excluding tert-OH is 1. The summed E-state index contributed by atoms with van der Waals surface area (Å²) in [5, 5.41) is 19.7. The van der Waals surface area contributed by atoms with Gasteiger partial charge < -0.3 is 10.0 Å². The molecule has 18 heavy (non-hydrogen) atoms. The summed E-state index contributed by atoms with van der Waals surface area (Å²) in [6, 6.07) is 5.20. The molecule has 1 aliphatic rings. The van der Waals surface area contributed by atoms with Crippen LogP contribution in [0.1, 0.15) is 23.2 Å². The fraction of sp³-hybridized carbons (Fsp3) is 0.417. The molecule has 6 nitrogen and oxygen atoms in total. The summed E-state index contributed by atoms with van der Waals surface area (Å²) in [6.45, 7) is 0.735. The van der Waals surface area contributed by atoms with Crippen LogP contribution in [0.5, 0.6) is 0 Å². The van der Waals surface area contributed by atoms with Crippen LogP contribution < -0.4 is 0 Å². The fourth-order valence-corrected chi connectivity index (χ4v) is 2.43. The normalized spacial score (nSPS) is 19.6. The molecule has 0 radical (unpaired) electrons. The molecule has 2 heterocycles. The highest BCUT2D eigenvalue weighted by Gasteiger charge is 2.28. The molecule has 1 aromatic carbocycles. The van der Waals surface area contributed by atoms with E-state index in [0.717, 1.165) is 18.4 Å². The lowest BCUT2D eigenvalue weighted by atomic mass is 10.1. The molecule has 1 amide bonds. The van der Waals surface area contributed by atoms with Crippen molar-refractivity contribution >= 4 is 16.9 Å². The SMILES string of the molecule is O=C(c1ccc2n[nH]nc2c1)N1CCC[C@H]1CO. The number of carbonyl (C=O) groups is 1. The minimum atomic E-state index is -0.0505. The van der Waals surface area contributed by atoms with Crippen LogP contribution in [0.2, 0.25) is 0 Å². The highest BCUT2D eigenvalue weighted by molar-refractivity contribution is 5.97. The number of amides is 1. The Kier molecular flexibility index (Phi) is 2.71. The van der Waals surface area contributed by atoms with Gasteiger partial charge in [0.1, 0.15) is 11.0 Å². The third kappa shape index (κ3) is 1.74. The number of nitrogens with zero attached hydrogens (tertiary/aromatic N) is 3. The summed E-state index contributed by atoms with van der Waals surface area (Å²) in [5.74, 6) is -0.0450. The summed E-state index contributed by atoms with van der Waals surface area (Å²) in [4.78, 5) is 14.1. The molecular weight excluding hydrogens is 232 g/mol. The van der Waals surface area contributed by atoms with Gasteiger partial charge in [-0.05, 0) is 31.0 Å². The van der Waals surface area contributed by atoms with Gasteiger partial charge in [0.05, 0.1) is 12.6 Å². The second-order valence-corrected chi connectivity index (χ2v) is 4.50. The van der Waals surface area contributed by atoms with E-state index in [9.17, 15) is 9.90 Å². The zero-order valence-electron chi connectivity index (χ0n) is 9.83. The Hall–Kier alpha value is -1.95. The molecule has 0 aliphatic carbocycles. The Morgan fingerprint density at radius 3 is 3.11 bits per heavy atom. The lowest BCUT2D eigenvalue weighted by Gasteiger charge is -2.22. The van der Waals surface area contributed by atoms with E-state index in [1.165, 1.54) is 0 Å². The van der Waals surface area contributed by atoms with E-state index in [1.807, 2.05) is 0 Å². The molecule has 3 rings (SSSR count). The fourth-order valence-electron chi connectivity index (χ4n) is 2.43. The van der Waals surface area contributed by atoms with E-state index in [0.29, 0.717) is 17.6 Å². The van der Waals surface area contributed by atoms with E-state index in [1.54, 1.807) is 23.1 Å². The topological polar surface area (TPSA) is 82.1 Å². The van der Waals surface area contributed by atoms with Crippen molar-refractivity contribution in [1.82, 2.24) is 20.3 Å². The molecule has 1 aliphatic heterocycles.